The zero-order valence-electron chi connectivity index (χ0n) is 10.1. The van der Waals surface area contributed by atoms with Crippen molar-refractivity contribution in [1.29, 1.82) is 0 Å². The number of hydrogen-bond acceptors (Lipinski definition) is 3. The standard InChI is InChI=1S/C12H21NO3/c1-8(2)7-16-12(15)13-9-3-4-10(13)6-11(14)5-9/h8-11,14H,3-7H2,1-2H3/t9-,10+,11+. The first-order chi connectivity index (χ1) is 7.58. The Balaban J connectivity index is 1.92. The molecule has 0 unspecified atom stereocenters. The molecule has 2 bridgehead atoms. The summed E-state index contributed by atoms with van der Waals surface area (Å²) in [5.74, 6) is 0.372. The number of ether oxygens (including phenoxy) is 1. The summed E-state index contributed by atoms with van der Waals surface area (Å²) in [6.07, 6.45) is 3.04. The van der Waals surface area contributed by atoms with E-state index in [1.165, 1.54) is 0 Å². The molecular formula is C12H21NO3. The average Bonchev–Trinajstić information content (AvgIpc) is 2.48. The van der Waals surface area contributed by atoms with E-state index in [4.69, 9.17) is 4.74 Å². The first-order valence-electron chi connectivity index (χ1n) is 6.21. The molecule has 2 heterocycles. The number of aliphatic hydroxyl groups excluding tert-OH is 1. The van der Waals surface area contributed by atoms with Gasteiger partial charge in [0.1, 0.15) is 0 Å². The molecule has 2 fully saturated rings. The molecule has 2 aliphatic rings. The second-order valence-corrected chi connectivity index (χ2v) is 5.39. The quantitative estimate of drug-likeness (QED) is 0.782. The number of nitrogens with zero attached hydrogens (tertiary/aromatic N) is 1. The molecule has 0 radical (unpaired) electrons. The second kappa shape index (κ2) is 4.62. The summed E-state index contributed by atoms with van der Waals surface area (Å²) < 4.78 is 5.26. The first kappa shape index (κ1) is 11.7. The average molecular weight is 227 g/mol. The predicted octanol–water partition coefficient (Wildman–Crippen LogP) is 1.77. The minimum Gasteiger partial charge on any atom is -0.449 e. The van der Waals surface area contributed by atoms with E-state index in [1.807, 2.05) is 18.7 Å². The smallest absolute Gasteiger partial charge is 0.410 e. The Morgan fingerprint density at radius 2 is 1.94 bits per heavy atom. The van der Waals surface area contributed by atoms with Crippen LogP contribution in [-0.4, -0.2) is 40.9 Å². The molecule has 4 nitrogen and oxygen atoms in total. The Morgan fingerprint density at radius 3 is 2.44 bits per heavy atom. The molecule has 0 aromatic carbocycles. The molecule has 4 heteroatoms. The SMILES string of the molecule is CC(C)COC(=O)N1[C@@H]2CC[C@H]1C[C@@H](O)C2. The maximum absolute atomic E-state index is 11.9. The van der Waals surface area contributed by atoms with Crippen molar-refractivity contribution in [2.24, 2.45) is 5.92 Å². The van der Waals surface area contributed by atoms with Gasteiger partial charge < -0.3 is 14.7 Å². The molecule has 2 aliphatic heterocycles. The van der Waals surface area contributed by atoms with E-state index in [-0.39, 0.29) is 24.3 Å². The number of rotatable bonds is 2. The minimum absolute atomic E-state index is 0.187. The molecule has 0 saturated carbocycles. The third-order valence-electron chi connectivity index (χ3n) is 3.46. The third kappa shape index (κ3) is 2.32. The zero-order valence-corrected chi connectivity index (χ0v) is 10.1. The van der Waals surface area contributed by atoms with Crippen molar-refractivity contribution in [3.8, 4) is 0 Å². The van der Waals surface area contributed by atoms with Crippen LogP contribution >= 0.6 is 0 Å². The molecule has 1 amide bonds. The van der Waals surface area contributed by atoms with Crippen LogP contribution in [0.3, 0.4) is 0 Å². The highest BCUT2D eigenvalue weighted by Gasteiger charge is 2.43. The van der Waals surface area contributed by atoms with Gasteiger partial charge in [-0.1, -0.05) is 13.8 Å². The van der Waals surface area contributed by atoms with Gasteiger partial charge >= 0.3 is 6.09 Å². The van der Waals surface area contributed by atoms with Crippen molar-refractivity contribution in [3.63, 3.8) is 0 Å². The van der Waals surface area contributed by atoms with E-state index < -0.39 is 0 Å². The summed E-state index contributed by atoms with van der Waals surface area (Å²) in [4.78, 5) is 13.7. The normalized spacial score (nSPS) is 33.2. The topological polar surface area (TPSA) is 49.8 Å². The fourth-order valence-electron chi connectivity index (χ4n) is 2.76. The first-order valence-corrected chi connectivity index (χ1v) is 6.21. The number of carbonyl (C=O) groups excluding carboxylic acids is 1. The van der Waals surface area contributed by atoms with Crippen LogP contribution in [0.2, 0.25) is 0 Å². The fourth-order valence-corrected chi connectivity index (χ4v) is 2.76. The summed E-state index contributed by atoms with van der Waals surface area (Å²) in [5.41, 5.74) is 0. The van der Waals surface area contributed by atoms with E-state index in [9.17, 15) is 9.90 Å². The maximum atomic E-state index is 11.9. The van der Waals surface area contributed by atoms with Gasteiger partial charge in [-0.15, -0.1) is 0 Å². The van der Waals surface area contributed by atoms with Crippen LogP contribution in [0.5, 0.6) is 0 Å². The fraction of sp³-hybridized carbons (Fsp3) is 0.917. The Labute approximate surface area is 96.6 Å². The number of fused-ring (bicyclic) bond motifs is 2. The lowest BCUT2D eigenvalue weighted by atomic mass is 10.0. The molecular weight excluding hydrogens is 206 g/mol. The molecule has 16 heavy (non-hydrogen) atoms. The van der Waals surface area contributed by atoms with Gasteiger partial charge in [0.25, 0.3) is 0 Å². The van der Waals surface area contributed by atoms with Crippen LogP contribution < -0.4 is 0 Å². The van der Waals surface area contributed by atoms with Crippen molar-refractivity contribution in [3.05, 3.63) is 0 Å². The molecule has 2 rings (SSSR count). The molecule has 0 aromatic heterocycles. The Kier molecular flexibility index (Phi) is 3.38. The van der Waals surface area contributed by atoms with Crippen LogP contribution in [0.25, 0.3) is 0 Å². The maximum Gasteiger partial charge on any atom is 0.410 e. The second-order valence-electron chi connectivity index (χ2n) is 5.39. The molecule has 2 saturated heterocycles. The Hall–Kier alpha value is -0.770. The van der Waals surface area contributed by atoms with Crippen molar-refractivity contribution in [2.75, 3.05) is 6.61 Å². The lowest BCUT2D eigenvalue weighted by Crippen LogP contribution is -2.48. The summed E-state index contributed by atoms with van der Waals surface area (Å²) in [6.45, 7) is 4.54. The molecule has 0 aromatic rings. The van der Waals surface area contributed by atoms with Gasteiger partial charge in [-0.2, -0.15) is 0 Å². The van der Waals surface area contributed by atoms with Gasteiger partial charge in [0, 0.05) is 12.1 Å². The van der Waals surface area contributed by atoms with E-state index >= 15 is 0 Å². The van der Waals surface area contributed by atoms with E-state index in [2.05, 4.69) is 0 Å². The highest BCUT2D eigenvalue weighted by Crippen LogP contribution is 2.36. The van der Waals surface area contributed by atoms with Crippen molar-refractivity contribution in [2.45, 2.75) is 57.7 Å². The van der Waals surface area contributed by atoms with Crippen LogP contribution in [0, 0.1) is 5.92 Å². The molecule has 0 aliphatic carbocycles. The Bertz CT molecular complexity index is 253. The summed E-state index contributed by atoms with van der Waals surface area (Å²) >= 11 is 0. The minimum atomic E-state index is -0.230. The van der Waals surface area contributed by atoms with Crippen LogP contribution in [-0.2, 0) is 4.74 Å². The van der Waals surface area contributed by atoms with Crippen LogP contribution in [0.15, 0.2) is 0 Å². The zero-order chi connectivity index (χ0) is 11.7. The van der Waals surface area contributed by atoms with E-state index in [1.54, 1.807) is 0 Å². The van der Waals surface area contributed by atoms with Gasteiger partial charge in [0.05, 0.1) is 12.7 Å². The molecule has 1 N–H and O–H groups in total. The van der Waals surface area contributed by atoms with Gasteiger partial charge in [0.2, 0.25) is 0 Å². The largest absolute Gasteiger partial charge is 0.449 e. The van der Waals surface area contributed by atoms with Crippen LogP contribution in [0.1, 0.15) is 39.5 Å². The highest BCUT2D eigenvalue weighted by molar-refractivity contribution is 5.69. The van der Waals surface area contributed by atoms with Gasteiger partial charge in [-0.25, -0.2) is 4.79 Å². The molecule has 92 valence electrons. The van der Waals surface area contributed by atoms with E-state index in [0.717, 1.165) is 12.8 Å². The number of hydrogen-bond donors (Lipinski definition) is 1. The lowest BCUT2D eigenvalue weighted by molar-refractivity contribution is 0.0213. The number of carbonyl (C=O) groups is 1. The van der Waals surface area contributed by atoms with Crippen molar-refractivity contribution < 1.29 is 14.6 Å². The van der Waals surface area contributed by atoms with Gasteiger partial charge in [0.15, 0.2) is 0 Å². The lowest BCUT2D eigenvalue weighted by Gasteiger charge is -2.36. The van der Waals surface area contributed by atoms with E-state index in [0.29, 0.717) is 25.4 Å². The number of amides is 1. The summed E-state index contributed by atoms with van der Waals surface area (Å²) in [6, 6.07) is 0.404. The summed E-state index contributed by atoms with van der Waals surface area (Å²) in [5, 5.41) is 9.63. The van der Waals surface area contributed by atoms with Crippen LogP contribution in [0.4, 0.5) is 4.79 Å². The third-order valence-corrected chi connectivity index (χ3v) is 3.46. The van der Waals surface area contributed by atoms with Crippen molar-refractivity contribution in [1.82, 2.24) is 4.90 Å². The monoisotopic (exact) mass is 227 g/mol. The van der Waals surface area contributed by atoms with Gasteiger partial charge in [-0.05, 0) is 31.6 Å². The number of aliphatic hydroxyl groups is 1. The highest BCUT2D eigenvalue weighted by atomic mass is 16.6. The Morgan fingerprint density at radius 1 is 1.38 bits per heavy atom. The molecule has 3 atom stereocenters. The predicted molar refractivity (Wildman–Crippen MR) is 60.1 cm³/mol. The summed E-state index contributed by atoms with van der Waals surface area (Å²) in [7, 11) is 0. The van der Waals surface area contributed by atoms with Gasteiger partial charge in [-0.3, -0.25) is 0 Å². The number of piperidine rings is 1. The van der Waals surface area contributed by atoms with Crippen molar-refractivity contribution >= 4 is 6.09 Å². The molecule has 0 spiro atoms.